The van der Waals surface area contributed by atoms with Crippen molar-refractivity contribution < 1.29 is 14.3 Å². The molecule has 0 bridgehead atoms. The van der Waals surface area contributed by atoms with E-state index in [9.17, 15) is 14.3 Å². The van der Waals surface area contributed by atoms with Gasteiger partial charge in [-0.05, 0) is 54.4 Å². The SMILES string of the molecule is Cc1cc(C(=O)Nc2ccc(F)c(C(O)c3ccccc3)c2)n(-c2cccc(CN)c2)n1. The smallest absolute Gasteiger partial charge is 0.274 e. The van der Waals surface area contributed by atoms with Crippen molar-refractivity contribution in [2.75, 3.05) is 5.32 Å². The Kier molecular flexibility index (Phi) is 6.11. The Morgan fingerprint density at radius 2 is 1.88 bits per heavy atom. The van der Waals surface area contributed by atoms with Gasteiger partial charge in [-0.2, -0.15) is 5.10 Å². The molecule has 0 saturated heterocycles. The number of benzene rings is 3. The third-order valence-electron chi connectivity index (χ3n) is 5.12. The summed E-state index contributed by atoms with van der Waals surface area (Å²) in [5, 5.41) is 17.8. The summed E-state index contributed by atoms with van der Waals surface area (Å²) in [4.78, 5) is 13.1. The molecule has 1 heterocycles. The summed E-state index contributed by atoms with van der Waals surface area (Å²) in [5.41, 5.74) is 9.36. The topological polar surface area (TPSA) is 93.2 Å². The van der Waals surface area contributed by atoms with Crippen molar-refractivity contribution in [3.8, 4) is 5.69 Å². The molecule has 4 aromatic rings. The predicted octanol–water partition coefficient (Wildman–Crippen LogP) is 4.11. The van der Waals surface area contributed by atoms with Crippen LogP contribution in [0.2, 0.25) is 0 Å². The van der Waals surface area contributed by atoms with Crippen LogP contribution in [0.1, 0.15) is 39.0 Å². The minimum Gasteiger partial charge on any atom is -0.384 e. The minimum atomic E-state index is -1.15. The summed E-state index contributed by atoms with van der Waals surface area (Å²) < 4.78 is 16.0. The highest BCUT2D eigenvalue weighted by Crippen LogP contribution is 2.27. The van der Waals surface area contributed by atoms with Gasteiger partial charge in [0.2, 0.25) is 0 Å². The molecule has 0 saturated carbocycles. The molecule has 1 atom stereocenters. The molecule has 0 fully saturated rings. The summed E-state index contributed by atoms with van der Waals surface area (Å²) in [7, 11) is 0. The Morgan fingerprint density at radius 3 is 2.62 bits per heavy atom. The van der Waals surface area contributed by atoms with Crippen LogP contribution >= 0.6 is 0 Å². The van der Waals surface area contributed by atoms with Gasteiger partial charge in [-0.15, -0.1) is 0 Å². The summed E-state index contributed by atoms with van der Waals surface area (Å²) in [5.74, 6) is -0.964. The molecule has 0 aliphatic heterocycles. The first-order chi connectivity index (χ1) is 15.5. The summed E-state index contributed by atoms with van der Waals surface area (Å²) in [6, 6.07) is 22.0. The van der Waals surface area contributed by atoms with E-state index in [1.807, 2.05) is 30.3 Å². The van der Waals surface area contributed by atoms with Crippen molar-refractivity contribution in [3.05, 3.63) is 113 Å². The lowest BCUT2D eigenvalue weighted by atomic mass is 10.0. The zero-order valence-corrected chi connectivity index (χ0v) is 17.5. The molecule has 1 unspecified atom stereocenters. The lowest BCUT2D eigenvalue weighted by Crippen LogP contribution is -2.17. The largest absolute Gasteiger partial charge is 0.384 e. The van der Waals surface area contributed by atoms with E-state index in [1.54, 1.807) is 41.9 Å². The van der Waals surface area contributed by atoms with E-state index in [1.165, 1.54) is 18.2 Å². The van der Waals surface area contributed by atoms with Gasteiger partial charge in [0, 0.05) is 17.8 Å². The monoisotopic (exact) mass is 430 g/mol. The number of amides is 1. The number of halogens is 1. The number of hydrogen-bond acceptors (Lipinski definition) is 4. The maximum Gasteiger partial charge on any atom is 0.274 e. The van der Waals surface area contributed by atoms with Gasteiger partial charge in [-0.3, -0.25) is 4.79 Å². The van der Waals surface area contributed by atoms with Gasteiger partial charge in [0.15, 0.2) is 0 Å². The zero-order valence-electron chi connectivity index (χ0n) is 17.5. The molecular formula is C25H23FN4O2. The standard InChI is InChI=1S/C25H23FN4O2/c1-16-12-23(30(29-16)20-9-5-6-17(13-20)15-27)25(32)28-19-10-11-22(26)21(14-19)24(31)18-7-3-2-4-8-18/h2-14,24,31H,15,27H2,1H3,(H,28,32). The van der Waals surface area contributed by atoms with E-state index in [2.05, 4.69) is 10.4 Å². The molecule has 0 aliphatic rings. The van der Waals surface area contributed by atoms with Crippen LogP contribution in [-0.2, 0) is 6.54 Å². The van der Waals surface area contributed by atoms with Crippen LogP contribution in [0.5, 0.6) is 0 Å². The number of nitrogens with two attached hydrogens (primary N) is 1. The summed E-state index contributed by atoms with van der Waals surface area (Å²) in [6.07, 6.45) is -1.15. The lowest BCUT2D eigenvalue weighted by Gasteiger charge is -2.15. The van der Waals surface area contributed by atoms with Crippen molar-refractivity contribution in [1.29, 1.82) is 0 Å². The van der Waals surface area contributed by atoms with E-state index in [4.69, 9.17) is 5.73 Å². The third-order valence-corrected chi connectivity index (χ3v) is 5.12. The third kappa shape index (κ3) is 4.44. The molecule has 3 aromatic carbocycles. The molecule has 7 heteroatoms. The number of aryl methyl sites for hydroxylation is 1. The number of anilines is 1. The zero-order chi connectivity index (χ0) is 22.7. The van der Waals surface area contributed by atoms with Crippen LogP contribution in [0.15, 0.2) is 78.9 Å². The second-order valence-corrected chi connectivity index (χ2v) is 7.46. The van der Waals surface area contributed by atoms with Gasteiger partial charge in [0.05, 0.1) is 11.4 Å². The molecule has 4 N–H and O–H groups in total. The number of aromatic nitrogens is 2. The van der Waals surface area contributed by atoms with Gasteiger partial charge in [-0.1, -0.05) is 42.5 Å². The molecule has 6 nitrogen and oxygen atoms in total. The van der Waals surface area contributed by atoms with E-state index >= 15 is 0 Å². The van der Waals surface area contributed by atoms with E-state index in [0.717, 1.165) is 5.56 Å². The lowest BCUT2D eigenvalue weighted by molar-refractivity contribution is 0.101. The highest BCUT2D eigenvalue weighted by atomic mass is 19.1. The maximum atomic E-state index is 14.4. The van der Waals surface area contributed by atoms with Crippen molar-refractivity contribution in [1.82, 2.24) is 9.78 Å². The number of rotatable bonds is 6. The van der Waals surface area contributed by atoms with E-state index in [0.29, 0.717) is 34.9 Å². The van der Waals surface area contributed by atoms with Crippen molar-refractivity contribution in [2.24, 2.45) is 5.73 Å². The molecular weight excluding hydrogens is 407 g/mol. The number of carbonyl (C=O) groups is 1. The summed E-state index contributed by atoms with van der Waals surface area (Å²) in [6.45, 7) is 2.17. The first-order valence-corrected chi connectivity index (χ1v) is 10.2. The fraction of sp³-hybridized carbons (Fsp3) is 0.120. The summed E-state index contributed by atoms with van der Waals surface area (Å²) >= 11 is 0. The Labute approximate surface area is 185 Å². The number of nitrogens with one attached hydrogen (secondary N) is 1. The van der Waals surface area contributed by atoms with Gasteiger partial charge in [-0.25, -0.2) is 9.07 Å². The molecule has 0 aliphatic carbocycles. The van der Waals surface area contributed by atoms with Gasteiger partial charge in [0.25, 0.3) is 5.91 Å². The van der Waals surface area contributed by atoms with Crippen molar-refractivity contribution >= 4 is 11.6 Å². The predicted molar refractivity (Wildman–Crippen MR) is 121 cm³/mol. The second-order valence-electron chi connectivity index (χ2n) is 7.46. The molecule has 0 radical (unpaired) electrons. The van der Waals surface area contributed by atoms with Crippen LogP contribution in [0.25, 0.3) is 5.69 Å². The first kappa shape index (κ1) is 21.4. The second kappa shape index (κ2) is 9.13. The fourth-order valence-corrected chi connectivity index (χ4v) is 3.51. The van der Waals surface area contributed by atoms with Crippen LogP contribution in [0.4, 0.5) is 10.1 Å². The highest BCUT2D eigenvalue weighted by molar-refractivity contribution is 6.03. The molecule has 162 valence electrons. The average molecular weight is 430 g/mol. The molecule has 1 aromatic heterocycles. The van der Waals surface area contributed by atoms with E-state index < -0.39 is 17.8 Å². The number of aliphatic hydroxyl groups is 1. The number of nitrogens with zero attached hydrogens (tertiary/aromatic N) is 2. The Hall–Kier alpha value is -3.81. The molecule has 32 heavy (non-hydrogen) atoms. The van der Waals surface area contributed by atoms with Crippen LogP contribution in [0.3, 0.4) is 0 Å². The Balaban J connectivity index is 1.63. The Morgan fingerprint density at radius 1 is 1.09 bits per heavy atom. The minimum absolute atomic E-state index is 0.0781. The maximum absolute atomic E-state index is 14.4. The highest BCUT2D eigenvalue weighted by Gasteiger charge is 2.19. The number of aliphatic hydroxyl groups excluding tert-OH is 1. The molecule has 1 amide bonds. The van der Waals surface area contributed by atoms with E-state index in [-0.39, 0.29) is 5.56 Å². The first-order valence-electron chi connectivity index (χ1n) is 10.2. The van der Waals surface area contributed by atoms with Gasteiger partial charge < -0.3 is 16.2 Å². The Bertz CT molecular complexity index is 1250. The van der Waals surface area contributed by atoms with Crippen LogP contribution in [0, 0.1) is 12.7 Å². The van der Waals surface area contributed by atoms with Gasteiger partial charge in [0.1, 0.15) is 17.6 Å². The van der Waals surface area contributed by atoms with Crippen molar-refractivity contribution in [2.45, 2.75) is 19.6 Å². The van der Waals surface area contributed by atoms with Crippen LogP contribution < -0.4 is 11.1 Å². The van der Waals surface area contributed by atoms with Crippen molar-refractivity contribution in [3.63, 3.8) is 0 Å². The molecule has 0 spiro atoms. The van der Waals surface area contributed by atoms with Crippen LogP contribution in [-0.4, -0.2) is 20.8 Å². The molecule has 4 rings (SSSR count). The normalized spacial score (nSPS) is 11.9. The number of carbonyl (C=O) groups excluding carboxylic acids is 1. The van der Waals surface area contributed by atoms with Gasteiger partial charge >= 0.3 is 0 Å². The quantitative estimate of drug-likeness (QED) is 0.429. The number of hydrogen-bond donors (Lipinski definition) is 3. The average Bonchev–Trinajstić information content (AvgIpc) is 3.22. The fourth-order valence-electron chi connectivity index (χ4n) is 3.51.